The standard InChI is InChI=1S/C15H14FNO3/c1-9-8-10(16)6-7-12(9)17-15(19)11-4-3-5-13(20-2)14(11)18/h3-8,18H,1-2H3,(H,17,19). The molecule has 20 heavy (non-hydrogen) atoms. The summed E-state index contributed by atoms with van der Waals surface area (Å²) in [5, 5.41) is 12.5. The van der Waals surface area contributed by atoms with Crippen molar-refractivity contribution >= 4 is 11.6 Å². The zero-order valence-electron chi connectivity index (χ0n) is 11.1. The van der Waals surface area contributed by atoms with E-state index in [0.29, 0.717) is 11.3 Å². The van der Waals surface area contributed by atoms with Gasteiger partial charge in [0.1, 0.15) is 5.82 Å². The number of hydrogen-bond acceptors (Lipinski definition) is 3. The van der Waals surface area contributed by atoms with Crippen molar-refractivity contribution in [2.24, 2.45) is 0 Å². The zero-order valence-corrected chi connectivity index (χ0v) is 11.1. The van der Waals surface area contributed by atoms with E-state index in [1.54, 1.807) is 19.1 Å². The molecule has 0 radical (unpaired) electrons. The van der Waals surface area contributed by atoms with Gasteiger partial charge in [-0.3, -0.25) is 4.79 Å². The lowest BCUT2D eigenvalue weighted by Crippen LogP contribution is -2.13. The molecule has 0 saturated heterocycles. The molecular formula is C15H14FNO3. The number of amides is 1. The highest BCUT2D eigenvalue weighted by Crippen LogP contribution is 2.30. The molecule has 2 aromatic carbocycles. The molecule has 0 saturated carbocycles. The minimum Gasteiger partial charge on any atom is -0.504 e. The number of aromatic hydroxyl groups is 1. The molecule has 104 valence electrons. The first kappa shape index (κ1) is 13.9. The third kappa shape index (κ3) is 2.71. The SMILES string of the molecule is COc1cccc(C(=O)Nc2ccc(F)cc2C)c1O. The molecule has 2 aromatic rings. The van der Waals surface area contributed by atoms with Crippen LogP contribution in [0.2, 0.25) is 0 Å². The van der Waals surface area contributed by atoms with Crippen LogP contribution in [-0.2, 0) is 0 Å². The number of benzene rings is 2. The van der Waals surface area contributed by atoms with E-state index in [4.69, 9.17) is 4.74 Å². The molecule has 0 aliphatic carbocycles. The fourth-order valence-electron chi connectivity index (χ4n) is 1.83. The highest BCUT2D eigenvalue weighted by atomic mass is 19.1. The van der Waals surface area contributed by atoms with Gasteiger partial charge >= 0.3 is 0 Å². The lowest BCUT2D eigenvalue weighted by Gasteiger charge is -2.11. The average molecular weight is 275 g/mol. The summed E-state index contributed by atoms with van der Waals surface area (Å²) in [4.78, 5) is 12.1. The van der Waals surface area contributed by atoms with E-state index < -0.39 is 5.91 Å². The molecule has 0 aliphatic heterocycles. The van der Waals surface area contributed by atoms with Crippen LogP contribution in [0.5, 0.6) is 11.5 Å². The van der Waals surface area contributed by atoms with Gasteiger partial charge in [-0.15, -0.1) is 0 Å². The topological polar surface area (TPSA) is 58.6 Å². The second-order valence-electron chi connectivity index (χ2n) is 4.27. The molecule has 4 nitrogen and oxygen atoms in total. The number of para-hydroxylation sites is 1. The molecule has 0 spiro atoms. The average Bonchev–Trinajstić information content (AvgIpc) is 2.42. The van der Waals surface area contributed by atoms with E-state index in [1.165, 1.54) is 31.4 Å². The molecule has 0 unspecified atom stereocenters. The maximum absolute atomic E-state index is 13.0. The second kappa shape index (κ2) is 5.61. The first-order chi connectivity index (χ1) is 9.52. The van der Waals surface area contributed by atoms with Gasteiger partial charge < -0.3 is 15.2 Å². The van der Waals surface area contributed by atoms with Crippen LogP contribution < -0.4 is 10.1 Å². The number of halogens is 1. The Kier molecular flexibility index (Phi) is 3.89. The minimum atomic E-state index is -0.490. The van der Waals surface area contributed by atoms with Crippen LogP contribution >= 0.6 is 0 Å². The Morgan fingerprint density at radius 2 is 2.05 bits per heavy atom. The van der Waals surface area contributed by atoms with Crippen molar-refractivity contribution in [1.82, 2.24) is 0 Å². The van der Waals surface area contributed by atoms with Crippen LogP contribution in [0.4, 0.5) is 10.1 Å². The number of phenolic OH excluding ortho intramolecular Hbond substituents is 1. The maximum Gasteiger partial charge on any atom is 0.259 e. The lowest BCUT2D eigenvalue weighted by atomic mass is 10.1. The third-order valence-corrected chi connectivity index (χ3v) is 2.90. The van der Waals surface area contributed by atoms with Crippen molar-refractivity contribution in [3.63, 3.8) is 0 Å². The Labute approximate surface area is 115 Å². The molecule has 2 N–H and O–H groups in total. The van der Waals surface area contributed by atoms with Gasteiger partial charge in [0, 0.05) is 5.69 Å². The Balaban J connectivity index is 2.28. The van der Waals surface area contributed by atoms with Gasteiger partial charge in [-0.25, -0.2) is 4.39 Å². The van der Waals surface area contributed by atoms with E-state index in [9.17, 15) is 14.3 Å². The van der Waals surface area contributed by atoms with Crippen LogP contribution in [0.3, 0.4) is 0 Å². The van der Waals surface area contributed by atoms with E-state index in [-0.39, 0.29) is 22.9 Å². The van der Waals surface area contributed by atoms with Crippen molar-refractivity contribution in [2.75, 3.05) is 12.4 Å². The number of aryl methyl sites for hydroxylation is 1. The number of ether oxygens (including phenoxy) is 1. The largest absolute Gasteiger partial charge is 0.504 e. The summed E-state index contributed by atoms with van der Waals surface area (Å²) in [5.74, 6) is -0.874. The van der Waals surface area contributed by atoms with Gasteiger partial charge in [-0.2, -0.15) is 0 Å². The fraction of sp³-hybridized carbons (Fsp3) is 0.133. The number of phenols is 1. The predicted molar refractivity (Wildman–Crippen MR) is 73.7 cm³/mol. The van der Waals surface area contributed by atoms with Crippen molar-refractivity contribution in [1.29, 1.82) is 0 Å². The first-order valence-electron chi connectivity index (χ1n) is 5.96. The summed E-state index contributed by atoms with van der Waals surface area (Å²) >= 11 is 0. The van der Waals surface area contributed by atoms with Crippen LogP contribution in [0, 0.1) is 12.7 Å². The summed E-state index contributed by atoms with van der Waals surface area (Å²) in [6.45, 7) is 1.68. The van der Waals surface area contributed by atoms with Crippen molar-refractivity contribution < 1.29 is 19.0 Å². The maximum atomic E-state index is 13.0. The Bertz CT molecular complexity index is 656. The predicted octanol–water partition coefficient (Wildman–Crippen LogP) is 3.10. The van der Waals surface area contributed by atoms with Crippen LogP contribution in [0.1, 0.15) is 15.9 Å². The van der Waals surface area contributed by atoms with Gasteiger partial charge in [0.2, 0.25) is 0 Å². The summed E-state index contributed by atoms with van der Waals surface area (Å²) in [6.07, 6.45) is 0. The Morgan fingerprint density at radius 1 is 1.30 bits per heavy atom. The smallest absolute Gasteiger partial charge is 0.259 e. The highest BCUT2D eigenvalue weighted by molar-refractivity contribution is 6.06. The van der Waals surface area contributed by atoms with E-state index in [2.05, 4.69) is 5.32 Å². The van der Waals surface area contributed by atoms with E-state index >= 15 is 0 Å². The monoisotopic (exact) mass is 275 g/mol. The Hall–Kier alpha value is -2.56. The van der Waals surface area contributed by atoms with Gasteiger partial charge in [0.15, 0.2) is 11.5 Å². The van der Waals surface area contributed by atoms with Gasteiger partial charge in [0.25, 0.3) is 5.91 Å². The summed E-state index contributed by atoms with van der Waals surface area (Å²) < 4.78 is 17.9. The number of anilines is 1. The first-order valence-corrected chi connectivity index (χ1v) is 5.96. The summed E-state index contributed by atoms with van der Waals surface area (Å²) in [6, 6.07) is 8.68. The molecule has 0 fully saturated rings. The molecule has 1 amide bonds. The minimum absolute atomic E-state index is 0.0908. The number of nitrogens with one attached hydrogen (secondary N) is 1. The van der Waals surface area contributed by atoms with E-state index in [1.807, 2.05) is 0 Å². The molecule has 0 aliphatic rings. The third-order valence-electron chi connectivity index (χ3n) is 2.90. The quantitative estimate of drug-likeness (QED) is 0.905. The lowest BCUT2D eigenvalue weighted by molar-refractivity contribution is 0.102. The Morgan fingerprint density at radius 3 is 2.70 bits per heavy atom. The molecule has 0 atom stereocenters. The van der Waals surface area contributed by atoms with Crippen LogP contribution in [0.25, 0.3) is 0 Å². The molecular weight excluding hydrogens is 261 g/mol. The molecule has 0 aromatic heterocycles. The van der Waals surface area contributed by atoms with Gasteiger partial charge in [-0.05, 0) is 42.8 Å². The normalized spacial score (nSPS) is 10.2. The van der Waals surface area contributed by atoms with Crippen molar-refractivity contribution in [2.45, 2.75) is 6.92 Å². The summed E-state index contributed by atoms with van der Waals surface area (Å²) in [5.41, 5.74) is 1.17. The number of carbonyl (C=O) groups is 1. The van der Waals surface area contributed by atoms with Crippen LogP contribution in [0.15, 0.2) is 36.4 Å². The zero-order chi connectivity index (χ0) is 14.7. The van der Waals surface area contributed by atoms with Gasteiger partial charge in [0.05, 0.1) is 12.7 Å². The fourth-order valence-corrected chi connectivity index (χ4v) is 1.83. The van der Waals surface area contributed by atoms with E-state index in [0.717, 1.165) is 0 Å². The molecule has 2 rings (SSSR count). The van der Waals surface area contributed by atoms with Crippen molar-refractivity contribution in [3.8, 4) is 11.5 Å². The number of methoxy groups -OCH3 is 1. The number of rotatable bonds is 3. The van der Waals surface area contributed by atoms with Gasteiger partial charge in [-0.1, -0.05) is 6.07 Å². The number of carbonyl (C=O) groups excluding carboxylic acids is 1. The highest BCUT2D eigenvalue weighted by Gasteiger charge is 2.15. The van der Waals surface area contributed by atoms with Crippen molar-refractivity contribution in [3.05, 3.63) is 53.3 Å². The second-order valence-corrected chi connectivity index (χ2v) is 4.27. The molecule has 0 heterocycles. The number of hydrogen-bond donors (Lipinski definition) is 2. The molecule has 5 heteroatoms. The molecule has 0 bridgehead atoms. The van der Waals surface area contributed by atoms with Crippen LogP contribution in [-0.4, -0.2) is 18.1 Å². The summed E-state index contributed by atoms with van der Waals surface area (Å²) in [7, 11) is 1.40.